The van der Waals surface area contributed by atoms with Crippen LogP contribution in [0.3, 0.4) is 0 Å². The summed E-state index contributed by atoms with van der Waals surface area (Å²) in [5.41, 5.74) is 0.537. The number of carbonyl (C=O) groups is 2. The third kappa shape index (κ3) is 4.99. The van der Waals surface area contributed by atoms with Crippen LogP contribution in [0.15, 0.2) is 54.6 Å². The molecule has 0 aliphatic heterocycles. The molecule has 108 valence electrons. The number of amides is 1. The van der Waals surface area contributed by atoms with Crippen LogP contribution in [0.1, 0.15) is 6.92 Å². The summed E-state index contributed by atoms with van der Waals surface area (Å²) in [4.78, 5) is 22.7. The van der Waals surface area contributed by atoms with Gasteiger partial charge in [0.25, 0.3) is 5.91 Å². The minimum atomic E-state index is -0.411. The Balaban J connectivity index is 1.89. The lowest BCUT2D eigenvalue weighted by Gasteiger charge is -2.08. The summed E-state index contributed by atoms with van der Waals surface area (Å²) in [5, 5.41) is 2.67. The number of rotatable bonds is 5. The molecule has 5 heteroatoms. The van der Waals surface area contributed by atoms with Crippen LogP contribution in [0.25, 0.3) is 0 Å². The number of anilines is 1. The van der Waals surface area contributed by atoms with Gasteiger partial charge in [0.15, 0.2) is 6.61 Å². The molecular weight excluding hydrogens is 270 g/mol. The number of para-hydroxylation sites is 1. The molecule has 21 heavy (non-hydrogen) atoms. The Morgan fingerprint density at radius 2 is 1.71 bits per heavy atom. The molecule has 0 bridgehead atoms. The number of hydrogen-bond donors (Lipinski definition) is 1. The zero-order valence-electron chi connectivity index (χ0n) is 11.5. The van der Waals surface area contributed by atoms with E-state index in [1.54, 1.807) is 36.4 Å². The predicted molar refractivity (Wildman–Crippen MR) is 78.3 cm³/mol. The fourth-order valence-corrected chi connectivity index (χ4v) is 1.67. The largest absolute Gasteiger partial charge is 0.484 e. The molecule has 0 aliphatic carbocycles. The maximum Gasteiger partial charge on any atom is 0.308 e. The molecule has 0 saturated heterocycles. The first kappa shape index (κ1) is 14.6. The molecule has 2 aromatic carbocycles. The highest BCUT2D eigenvalue weighted by Crippen LogP contribution is 2.17. The van der Waals surface area contributed by atoms with E-state index in [9.17, 15) is 9.59 Å². The fourth-order valence-electron chi connectivity index (χ4n) is 1.67. The predicted octanol–water partition coefficient (Wildman–Crippen LogP) is 2.63. The minimum Gasteiger partial charge on any atom is -0.484 e. The second-order valence-electron chi connectivity index (χ2n) is 4.27. The lowest BCUT2D eigenvalue weighted by atomic mass is 10.3. The minimum absolute atomic E-state index is 0.0954. The molecule has 5 nitrogen and oxygen atoms in total. The number of benzene rings is 2. The molecule has 1 N–H and O–H groups in total. The van der Waals surface area contributed by atoms with Crippen LogP contribution in [0.4, 0.5) is 5.69 Å². The van der Waals surface area contributed by atoms with Crippen molar-refractivity contribution in [2.24, 2.45) is 0 Å². The smallest absolute Gasteiger partial charge is 0.308 e. The lowest BCUT2D eigenvalue weighted by Crippen LogP contribution is -2.20. The van der Waals surface area contributed by atoms with Crippen molar-refractivity contribution in [2.75, 3.05) is 11.9 Å². The zero-order valence-corrected chi connectivity index (χ0v) is 11.5. The van der Waals surface area contributed by atoms with Crippen LogP contribution in [0.5, 0.6) is 11.5 Å². The normalized spacial score (nSPS) is 9.76. The maximum atomic E-state index is 11.8. The molecule has 0 aromatic heterocycles. The fraction of sp³-hybridized carbons (Fsp3) is 0.125. The summed E-state index contributed by atoms with van der Waals surface area (Å²) < 4.78 is 10.3. The Bertz CT molecular complexity index is 625. The van der Waals surface area contributed by atoms with E-state index >= 15 is 0 Å². The van der Waals surface area contributed by atoms with Gasteiger partial charge in [0.05, 0.1) is 0 Å². The monoisotopic (exact) mass is 285 g/mol. The quantitative estimate of drug-likeness (QED) is 0.677. The summed E-state index contributed by atoms with van der Waals surface area (Å²) in [6.07, 6.45) is 0. The van der Waals surface area contributed by atoms with Gasteiger partial charge in [-0.15, -0.1) is 0 Å². The van der Waals surface area contributed by atoms with E-state index < -0.39 is 5.97 Å². The molecule has 0 aliphatic rings. The molecule has 2 aromatic rings. The SMILES string of the molecule is CC(=O)Oc1cccc(NC(=O)COc2ccccc2)c1. The lowest BCUT2D eigenvalue weighted by molar-refractivity contribution is -0.131. The zero-order chi connectivity index (χ0) is 15.1. The number of esters is 1. The molecule has 1 amide bonds. The van der Waals surface area contributed by atoms with Gasteiger partial charge in [-0.05, 0) is 24.3 Å². The van der Waals surface area contributed by atoms with Gasteiger partial charge in [-0.3, -0.25) is 9.59 Å². The Labute approximate surface area is 122 Å². The average Bonchev–Trinajstić information content (AvgIpc) is 2.46. The van der Waals surface area contributed by atoms with Crippen LogP contribution in [-0.2, 0) is 9.59 Å². The van der Waals surface area contributed by atoms with E-state index in [0.29, 0.717) is 17.2 Å². The van der Waals surface area contributed by atoms with Crippen LogP contribution >= 0.6 is 0 Å². The van der Waals surface area contributed by atoms with Crippen molar-refractivity contribution < 1.29 is 19.1 Å². The first-order chi connectivity index (χ1) is 10.1. The number of nitrogens with one attached hydrogen (secondary N) is 1. The summed E-state index contributed by atoms with van der Waals surface area (Å²) in [7, 11) is 0. The van der Waals surface area contributed by atoms with Crippen molar-refractivity contribution in [3.8, 4) is 11.5 Å². The molecular formula is C16H15NO4. The van der Waals surface area contributed by atoms with Gasteiger partial charge < -0.3 is 14.8 Å². The molecule has 0 radical (unpaired) electrons. The highest BCUT2D eigenvalue weighted by atomic mass is 16.5. The summed E-state index contributed by atoms with van der Waals surface area (Å²) in [6.45, 7) is 1.22. The summed E-state index contributed by atoms with van der Waals surface area (Å²) >= 11 is 0. The van der Waals surface area contributed by atoms with Gasteiger partial charge in [0, 0.05) is 18.7 Å². The van der Waals surface area contributed by atoms with E-state index in [1.807, 2.05) is 18.2 Å². The van der Waals surface area contributed by atoms with Gasteiger partial charge in [-0.25, -0.2) is 0 Å². The molecule has 0 atom stereocenters. The molecule has 0 unspecified atom stereocenters. The molecule has 0 fully saturated rings. The van der Waals surface area contributed by atoms with Gasteiger partial charge in [0.1, 0.15) is 11.5 Å². The Morgan fingerprint density at radius 3 is 2.43 bits per heavy atom. The highest BCUT2D eigenvalue weighted by Gasteiger charge is 2.05. The van der Waals surface area contributed by atoms with Crippen molar-refractivity contribution in [1.82, 2.24) is 0 Å². The molecule has 2 rings (SSSR count). The Hall–Kier alpha value is -2.82. The molecule has 0 spiro atoms. The Morgan fingerprint density at radius 1 is 1.00 bits per heavy atom. The van der Waals surface area contributed by atoms with E-state index in [2.05, 4.69) is 5.32 Å². The van der Waals surface area contributed by atoms with Crippen molar-refractivity contribution in [3.63, 3.8) is 0 Å². The number of hydrogen-bond acceptors (Lipinski definition) is 4. The van der Waals surface area contributed by atoms with Gasteiger partial charge in [-0.1, -0.05) is 24.3 Å². The molecule has 0 saturated carbocycles. The number of ether oxygens (including phenoxy) is 2. The van der Waals surface area contributed by atoms with Crippen molar-refractivity contribution in [1.29, 1.82) is 0 Å². The number of carbonyl (C=O) groups excluding carboxylic acids is 2. The summed E-state index contributed by atoms with van der Waals surface area (Å²) in [5.74, 6) is 0.301. The second-order valence-corrected chi connectivity index (χ2v) is 4.27. The van der Waals surface area contributed by atoms with E-state index in [4.69, 9.17) is 9.47 Å². The van der Waals surface area contributed by atoms with E-state index in [1.165, 1.54) is 6.92 Å². The topological polar surface area (TPSA) is 64.6 Å². The average molecular weight is 285 g/mol. The first-order valence-corrected chi connectivity index (χ1v) is 6.39. The highest BCUT2D eigenvalue weighted by molar-refractivity contribution is 5.92. The second kappa shape index (κ2) is 7.09. The van der Waals surface area contributed by atoms with Crippen LogP contribution in [0, 0.1) is 0 Å². The van der Waals surface area contributed by atoms with Crippen molar-refractivity contribution >= 4 is 17.6 Å². The van der Waals surface area contributed by atoms with Crippen LogP contribution in [-0.4, -0.2) is 18.5 Å². The standard InChI is InChI=1S/C16H15NO4/c1-12(18)21-15-9-5-6-13(10-15)17-16(19)11-20-14-7-3-2-4-8-14/h2-10H,11H2,1H3,(H,17,19). The van der Waals surface area contributed by atoms with Gasteiger partial charge in [-0.2, -0.15) is 0 Å². The van der Waals surface area contributed by atoms with E-state index in [-0.39, 0.29) is 12.5 Å². The van der Waals surface area contributed by atoms with Crippen molar-refractivity contribution in [2.45, 2.75) is 6.92 Å². The van der Waals surface area contributed by atoms with Gasteiger partial charge in [0.2, 0.25) is 0 Å². The molecule has 0 heterocycles. The first-order valence-electron chi connectivity index (χ1n) is 6.39. The third-order valence-corrected chi connectivity index (χ3v) is 2.49. The van der Waals surface area contributed by atoms with Gasteiger partial charge >= 0.3 is 5.97 Å². The van der Waals surface area contributed by atoms with E-state index in [0.717, 1.165) is 0 Å². The maximum absolute atomic E-state index is 11.8. The Kier molecular flexibility index (Phi) is 4.93. The third-order valence-electron chi connectivity index (χ3n) is 2.49. The van der Waals surface area contributed by atoms with Crippen molar-refractivity contribution in [3.05, 3.63) is 54.6 Å². The van der Waals surface area contributed by atoms with Crippen LogP contribution < -0.4 is 14.8 Å². The summed E-state index contributed by atoms with van der Waals surface area (Å²) in [6, 6.07) is 15.7. The van der Waals surface area contributed by atoms with Crippen LogP contribution in [0.2, 0.25) is 0 Å².